The molecule has 0 fully saturated rings. The molecule has 0 unspecified atom stereocenters. The Balaban J connectivity index is 2.72. The number of carbonyl (C=O) groups excluding carboxylic acids is 1. The maximum Gasteiger partial charge on any atom is 0.176 e. The molecule has 0 aliphatic carbocycles. The number of rotatable bonds is 5. The Morgan fingerprint density at radius 3 is 2.62 bits per heavy atom. The van der Waals surface area contributed by atoms with Crippen molar-refractivity contribution in [1.82, 2.24) is 4.57 Å². The molecule has 0 saturated carbocycles. The summed E-state index contributed by atoms with van der Waals surface area (Å²) in [5.74, 6) is 0.0615. The van der Waals surface area contributed by atoms with Crippen molar-refractivity contribution in [3.05, 3.63) is 23.5 Å². The number of nitrogens with zero attached hydrogens (tertiary/aromatic N) is 1. The molecule has 1 atom stereocenters. The molecule has 0 aliphatic rings. The van der Waals surface area contributed by atoms with Crippen molar-refractivity contribution in [1.29, 1.82) is 0 Å². The van der Waals surface area contributed by atoms with Crippen LogP contribution in [0.4, 0.5) is 0 Å². The third-order valence-electron chi connectivity index (χ3n) is 2.90. The summed E-state index contributed by atoms with van der Waals surface area (Å²) in [7, 11) is 1.87. The zero-order chi connectivity index (χ0) is 12.3. The SMILES string of the molecule is CC(=O)c1ccc(CC[C@@](C)(N)CO)n1C. The smallest absolute Gasteiger partial charge is 0.176 e. The highest BCUT2D eigenvalue weighted by Crippen LogP contribution is 2.14. The molecule has 16 heavy (non-hydrogen) atoms. The number of hydrogen-bond acceptors (Lipinski definition) is 3. The summed E-state index contributed by atoms with van der Waals surface area (Å²) >= 11 is 0. The van der Waals surface area contributed by atoms with E-state index >= 15 is 0 Å². The molecule has 0 amide bonds. The molecular weight excluding hydrogens is 204 g/mol. The highest BCUT2D eigenvalue weighted by Gasteiger charge is 2.18. The molecular formula is C12H20N2O2. The lowest BCUT2D eigenvalue weighted by molar-refractivity contribution is 0.101. The van der Waals surface area contributed by atoms with E-state index in [0.717, 1.165) is 12.1 Å². The lowest BCUT2D eigenvalue weighted by atomic mass is 9.97. The lowest BCUT2D eigenvalue weighted by Crippen LogP contribution is -2.40. The van der Waals surface area contributed by atoms with E-state index in [1.165, 1.54) is 0 Å². The number of hydrogen-bond donors (Lipinski definition) is 2. The van der Waals surface area contributed by atoms with Gasteiger partial charge in [0.2, 0.25) is 0 Å². The third-order valence-corrected chi connectivity index (χ3v) is 2.90. The van der Waals surface area contributed by atoms with E-state index in [-0.39, 0.29) is 12.4 Å². The summed E-state index contributed by atoms with van der Waals surface area (Å²) in [6, 6.07) is 3.76. The number of aryl methyl sites for hydroxylation is 1. The quantitative estimate of drug-likeness (QED) is 0.729. The number of carbonyl (C=O) groups is 1. The number of ketones is 1. The van der Waals surface area contributed by atoms with Crippen LogP contribution in [0.2, 0.25) is 0 Å². The van der Waals surface area contributed by atoms with Gasteiger partial charge in [-0.2, -0.15) is 0 Å². The van der Waals surface area contributed by atoms with Crippen LogP contribution < -0.4 is 5.73 Å². The normalized spacial score (nSPS) is 14.8. The fourth-order valence-electron chi connectivity index (χ4n) is 1.65. The predicted octanol–water partition coefficient (Wildman–Crippen LogP) is 0.870. The summed E-state index contributed by atoms with van der Waals surface area (Å²) in [6.07, 6.45) is 1.45. The first kappa shape index (κ1) is 12.9. The molecule has 3 N–H and O–H groups in total. The van der Waals surface area contributed by atoms with Crippen LogP contribution in [0.5, 0.6) is 0 Å². The molecule has 0 radical (unpaired) electrons. The number of aliphatic hydroxyl groups is 1. The zero-order valence-electron chi connectivity index (χ0n) is 10.2. The third kappa shape index (κ3) is 2.93. The molecule has 1 rings (SSSR count). The van der Waals surface area contributed by atoms with Crippen molar-refractivity contribution in [3.63, 3.8) is 0 Å². The molecule has 0 aliphatic heterocycles. The number of aliphatic hydroxyl groups excluding tert-OH is 1. The van der Waals surface area contributed by atoms with Gasteiger partial charge in [-0.1, -0.05) is 0 Å². The standard InChI is InChI=1S/C12H20N2O2/c1-9(16)11-5-4-10(14(11)3)6-7-12(2,13)8-15/h4-5,15H,6-8,13H2,1-3H3/t12-/m1/s1. The van der Waals surface area contributed by atoms with Crippen LogP contribution in [0.1, 0.15) is 36.5 Å². The molecule has 1 aromatic heterocycles. The largest absolute Gasteiger partial charge is 0.394 e. The predicted molar refractivity (Wildman–Crippen MR) is 63.4 cm³/mol. The minimum atomic E-state index is -0.555. The average molecular weight is 224 g/mol. The van der Waals surface area contributed by atoms with E-state index in [2.05, 4.69) is 0 Å². The van der Waals surface area contributed by atoms with Crippen LogP contribution >= 0.6 is 0 Å². The fourth-order valence-corrected chi connectivity index (χ4v) is 1.65. The van der Waals surface area contributed by atoms with Gasteiger partial charge in [0.1, 0.15) is 0 Å². The summed E-state index contributed by atoms with van der Waals surface area (Å²) < 4.78 is 1.88. The van der Waals surface area contributed by atoms with E-state index in [1.807, 2.05) is 30.7 Å². The van der Waals surface area contributed by atoms with Gasteiger partial charge in [-0.25, -0.2) is 0 Å². The van der Waals surface area contributed by atoms with E-state index in [1.54, 1.807) is 6.92 Å². The van der Waals surface area contributed by atoms with Crippen LogP contribution in [0.25, 0.3) is 0 Å². The van der Waals surface area contributed by atoms with Crippen LogP contribution in [-0.2, 0) is 13.5 Å². The minimum Gasteiger partial charge on any atom is -0.394 e. The van der Waals surface area contributed by atoms with E-state index in [0.29, 0.717) is 12.1 Å². The topological polar surface area (TPSA) is 68.2 Å². The number of nitrogens with two attached hydrogens (primary N) is 1. The van der Waals surface area contributed by atoms with Crippen molar-refractivity contribution < 1.29 is 9.90 Å². The first-order valence-electron chi connectivity index (χ1n) is 5.42. The van der Waals surface area contributed by atoms with Crippen LogP contribution in [-0.4, -0.2) is 27.6 Å². The molecule has 1 aromatic rings. The fraction of sp³-hybridized carbons (Fsp3) is 0.583. The Hall–Kier alpha value is -1.13. The van der Waals surface area contributed by atoms with Gasteiger partial charge in [0.05, 0.1) is 12.3 Å². The molecule has 4 heteroatoms. The summed E-state index contributed by atoms with van der Waals surface area (Å²) in [4.78, 5) is 11.3. The number of aromatic nitrogens is 1. The minimum absolute atomic E-state index is 0.0308. The van der Waals surface area contributed by atoms with Gasteiger partial charge in [0, 0.05) is 25.2 Å². The average Bonchev–Trinajstić information content (AvgIpc) is 2.57. The second-order valence-electron chi connectivity index (χ2n) is 4.64. The van der Waals surface area contributed by atoms with Gasteiger partial charge < -0.3 is 15.4 Å². The highest BCUT2D eigenvalue weighted by molar-refractivity contribution is 5.92. The van der Waals surface area contributed by atoms with Crippen molar-refractivity contribution in [3.8, 4) is 0 Å². The van der Waals surface area contributed by atoms with Crippen molar-refractivity contribution in [2.24, 2.45) is 12.8 Å². The van der Waals surface area contributed by atoms with Crippen LogP contribution in [0, 0.1) is 0 Å². The Labute approximate surface area is 96.1 Å². The number of Topliss-reactive ketones (excluding diaryl/α,β-unsaturated/α-hetero) is 1. The lowest BCUT2D eigenvalue weighted by Gasteiger charge is -2.21. The Morgan fingerprint density at radius 2 is 2.19 bits per heavy atom. The summed E-state index contributed by atoms with van der Waals surface area (Å²) in [6.45, 7) is 3.35. The van der Waals surface area contributed by atoms with Gasteiger partial charge in [-0.15, -0.1) is 0 Å². The first-order valence-corrected chi connectivity index (χ1v) is 5.42. The van der Waals surface area contributed by atoms with Gasteiger partial charge in [0.15, 0.2) is 5.78 Å². The van der Waals surface area contributed by atoms with Gasteiger partial charge >= 0.3 is 0 Å². The van der Waals surface area contributed by atoms with Crippen molar-refractivity contribution in [2.45, 2.75) is 32.2 Å². The second-order valence-corrected chi connectivity index (χ2v) is 4.64. The Kier molecular flexibility index (Phi) is 3.88. The van der Waals surface area contributed by atoms with Crippen molar-refractivity contribution in [2.75, 3.05) is 6.61 Å². The van der Waals surface area contributed by atoms with E-state index < -0.39 is 5.54 Å². The van der Waals surface area contributed by atoms with Crippen LogP contribution in [0.3, 0.4) is 0 Å². The Bertz CT molecular complexity index is 380. The summed E-state index contributed by atoms with van der Waals surface area (Å²) in [5, 5.41) is 9.05. The van der Waals surface area contributed by atoms with Gasteiger partial charge in [0.25, 0.3) is 0 Å². The molecule has 0 bridgehead atoms. The molecule has 90 valence electrons. The monoisotopic (exact) mass is 224 g/mol. The highest BCUT2D eigenvalue weighted by atomic mass is 16.3. The molecule has 4 nitrogen and oxygen atoms in total. The maximum absolute atomic E-state index is 11.3. The maximum atomic E-state index is 11.3. The first-order chi connectivity index (χ1) is 7.37. The van der Waals surface area contributed by atoms with Crippen LogP contribution in [0.15, 0.2) is 12.1 Å². The molecule has 0 saturated heterocycles. The van der Waals surface area contributed by atoms with Gasteiger partial charge in [-0.05, 0) is 31.9 Å². The summed E-state index contributed by atoms with van der Waals surface area (Å²) in [5.41, 5.74) is 7.07. The van der Waals surface area contributed by atoms with E-state index in [4.69, 9.17) is 10.8 Å². The molecule has 0 aromatic carbocycles. The second kappa shape index (κ2) is 4.80. The zero-order valence-corrected chi connectivity index (χ0v) is 10.2. The Morgan fingerprint density at radius 1 is 1.56 bits per heavy atom. The van der Waals surface area contributed by atoms with Crippen molar-refractivity contribution >= 4 is 5.78 Å². The molecule has 1 heterocycles. The molecule has 0 spiro atoms. The van der Waals surface area contributed by atoms with Gasteiger partial charge in [-0.3, -0.25) is 4.79 Å². The van der Waals surface area contributed by atoms with E-state index in [9.17, 15) is 4.79 Å².